The van der Waals surface area contributed by atoms with Crippen molar-refractivity contribution in [2.24, 2.45) is 0 Å². The number of nitrogens with zero attached hydrogens (tertiary/aromatic N) is 3. The Hall–Kier alpha value is -2.58. The second-order valence-electron chi connectivity index (χ2n) is 5.06. The van der Waals surface area contributed by atoms with E-state index in [-0.39, 0.29) is 5.56 Å². The van der Waals surface area contributed by atoms with E-state index in [1.54, 1.807) is 10.6 Å². The number of hydrogen-bond acceptors (Lipinski definition) is 4. The maximum absolute atomic E-state index is 12.6. The van der Waals surface area contributed by atoms with Gasteiger partial charge < -0.3 is 0 Å². The van der Waals surface area contributed by atoms with Crippen LogP contribution in [0.15, 0.2) is 58.5 Å². The van der Waals surface area contributed by atoms with Gasteiger partial charge in [-0.3, -0.25) is 9.36 Å². The van der Waals surface area contributed by atoms with Crippen molar-refractivity contribution in [2.45, 2.75) is 24.4 Å². The minimum Gasteiger partial charge on any atom is -0.287 e. The van der Waals surface area contributed by atoms with E-state index >= 15 is 0 Å². The molecule has 0 aliphatic carbocycles. The molecule has 0 bridgehead atoms. The summed E-state index contributed by atoms with van der Waals surface area (Å²) in [7, 11) is 0. The van der Waals surface area contributed by atoms with E-state index in [0.29, 0.717) is 28.4 Å². The van der Waals surface area contributed by atoms with Crippen LogP contribution in [0.2, 0.25) is 0 Å². The van der Waals surface area contributed by atoms with E-state index in [0.717, 1.165) is 11.1 Å². The van der Waals surface area contributed by atoms with Crippen LogP contribution in [0.1, 0.15) is 18.1 Å². The summed E-state index contributed by atoms with van der Waals surface area (Å²) in [5.41, 5.74) is 2.39. The second kappa shape index (κ2) is 6.67. The number of rotatable bonds is 4. The Balaban J connectivity index is 1.96. The van der Waals surface area contributed by atoms with Crippen LogP contribution in [0.3, 0.4) is 0 Å². The second-order valence-corrected chi connectivity index (χ2v) is 6.00. The first-order valence-corrected chi connectivity index (χ1v) is 8.33. The summed E-state index contributed by atoms with van der Waals surface area (Å²) in [5.74, 6) is 0.667. The van der Waals surface area contributed by atoms with Crippen molar-refractivity contribution >= 4 is 22.7 Å². The van der Waals surface area contributed by atoms with Gasteiger partial charge in [0.1, 0.15) is 0 Å². The molecule has 1 heterocycles. The number of hydrogen-bond donors (Lipinski definition) is 0. The highest BCUT2D eigenvalue weighted by atomic mass is 32.2. The summed E-state index contributed by atoms with van der Waals surface area (Å²) in [5, 5.41) is 10.3. The summed E-state index contributed by atoms with van der Waals surface area (Å²) >= 11 is 1.52. The molecule has 0 radical (unpaired) electrons. The first-order valence-electron chi connectivity index (χ1n) is 7.34. The molecule has 5 heteroatoms. The van der Waals surface area contributed by atoms with Crippen LogP contribution < -0.4 is 5.56 Å². The number of para-hydroxylation sites is 1. The van der Waals surface area contributed by atoms with Crippen LogP contribution in [-0.2, 0) is 12.3 Å². The summed E-state index contributed by atoms with van der Waals surface area (Å²) in [4.78, 5) is 17.2. The molecule has 0 aliphatic rings. The van der Waals surface area contributed by atoms with E-state index < -0.39 is 0 Å². The molecule has 0 saturated heterocycles. The van der Waals surface area contributed by atoms with Gasteiger partial charge in [-0.05, 0) is 36.8 Å². The number of thioether (sulfide) groups is 1. The standard InChI is InChI=1S/C18H15N3OS/c1-2-21-17(22)15-8-3-4-9-16(15)20-18(21)23-12-14-7-5-6-13(10-14)11-19/h3-10H,2,12H2,1H3. The monoisotopic (exact) mass is 321 g/mol. The van der Waals surface area contributed by atoms with Crippen molar-refractivity contribution in [2.75, 3.05) is 0 Å². The molecule has 1 aromatic heterocycles. The van der Waals surface area contributed by atoms with E-state index in [1.807, 2.05) is 49.4 Å². The minimum atomic E-state index is -0.00799. The Bertz CT molecular complexity index is 956. The Morgan fingerprint density at radius 2 is 2.04 bits per heavy atom. The van der Waals surface area contributed by atoms with Crippen molar-refractivity contribution in [1.82, 2.24) is 9.55 Å². The Morgan fingerprint density at radius 3 is 2.83 bits per heavy atom. The molecule has 3 rings (SSSR count). The fraction of sp³-hybridized carbons (Fsp3) is 0.167. The predicted molar refractivity (Wildman–Crippen MR) is 92.4 cm³/mol. The van der Waals surface area contributed by atoms with E-state index in [9.17, 15) is 4.79 Å². The molecular weight excluding hydrogens is 306 g/mol. The zero-order chi connectivity index (χ0) is 16.2. The highest BCUT2D eigenvalue weighted by Gasteiger charge is 2.10. The highest BCUT2D eigenvalue weighted by Crippen LogP contribution is 2.22. The van der Waals surface area contributed by atoms with Crippen LogP contribution in [-0.4, -0.2) is 9.55 Å². The summed E-state index contributed by atoms with van der Waals surface area (Å²) in [6.07, 6.45) is 0. The quantitative estimate of drug-likeness (QED) is 0.544. The van der Waals surface area contributed by atoms with Gasteiger partial charge in [-0.2, -0.15) is 5.26 Å². The van der Waals surface area contributed by atoms with Crippen LogP contribution in [0, 0.1) is 11.3 Å². The SMILES string of the molecule is CCn1c(SCc2cccc(C#N)c2)nc2ccccc2c1=O. The van der Waals surface area contributed by atoms with Gasteiger partial charge in [-0.15, -0.1) is 0 Å². The average molecular weight is 321 g/mol. The number of fused-ring (bicyclic) bond motifs is 1. The zero-order valence-corrected chi connectivity index (χ0v) is 13.5. The molecule has 3 aromatic rings. The van der Waals surface area contributed by atoms with E-state index in [2.05, 4.69) is 11.1 Å². The van der Waals surface area contributed by atoms with Gasteiger partial charge in [0.15, 0.2) is 5.16 Å². The topological polar surface area (TPSA) is 58.7 Å². The van der Waals surface area contributed by atoms with E-state index in [1.165, 1.54) is 11.8 Å². The highest BCUT2D eigenvalue weighted by molar-refractivity contribution is 7.98. The van der Waals surface area contributed by atoms with Crippen LogP contribution in [0.25, 0.3) is 10.9 Å². The van der Waals surface area contributed by atoms with Gasteiger partial charge in [-0.1, -0.05) is 36.0 Å². The van der Waals surface area contributed by atoms with Crippen LogP contribution in [0.5, 0.6) is 0 Å². The molecule has 0 unspecified atom stereocenters. The van der Waals surface area contributed by atoms with Crippen molar-refractivity contribution < 1.29 is 0 Å². The molecule has 0 aliphatic heterocycles. The zero-order valence-electron chi connectivity index (χ0n) is 12.7. The van der Waals surface area contributed by atoms with Crippen molar-refractivity contribution in [3.8, 4) is 6.07 Å². The first kappa shape index (κ1) is 15.3. The molecule has 0 N–H and O–H groups in total. The molecule has 2 aromatic carbocycles. The molecule has 114 valence electrons. The molecule has 4 nitrogen and oxygen atoms in total. The molecular formula is C18H15N3OS. The smallest absolute Gasteiger partial charge is 0.262 e. The number of aromatic nitrogens is 2. The maximum atomic E-state index is 12.6. The molecule has 0 amide bonds. The van der Waals surface area contributed by atoms with Crippen molar-refractivity contribution in [3.63, 3.8) is 0 Å². The summed E-state index contributed by atoms with van der Waals surface area (Å²) < 4.78 is 1.70. The Labute approximate surface area is 138 Å². The molecule has 0 fully saturated rings. The number of benzene rings is 2. The van der Waals surface area contributed by atoms with Crippen LogP contribution in [0.4, 0.5) is 0 Å². The summed E-state index contributed by atoms with van der Waals surface area (Å²) in [6.45, 7) is 2.52. The van der Waals surface area contributed by atoms with Gasteiger partial charge in [-0.25, -0.2) is 4.98 Å². The lowest BCUT2D eigenvalue weighted by Crippen LogP contribution is -2.22. The lowest BCUT2D eigenvalue weighted by Gasteiger charge is -2.11. The Morgan fingerprint density at radius 1 is 1.22 bits per heavy atom. The Kier molecular flexibility index (Phi) is 4.45. The largest absolute Gasteiger partial charge is 0.287 e. The average Bonchev–Trinajstić information content (AvgIpc) is 2.60. The fourth-order valence-electron chi connectivity index (χ4n) is 2.42. The first-order chi connectivity index (χ1) is 11.2. The molecule has 23 heavy (non-hydrogen) atoms. The van der Waals surface area contributed by atoms with Crippen LogP contribution >= 0.6 is 11.8 Å². The third kappa shape index (κ3) is 3.13. The fourth-order valence-corrected chi connectivity index (χ4v) is 3.42. The normalized spacial score (nSPS) is 10.6. The lowest BCUT2D eigenvalue weighted by atomic mass is 10.2. The third-order valence-corrected chi connectivity index (χ3v) is 4.61. The molecule has 0 spiro atoms. The summed E-state index contributed by atoms with van der Waals surface area (Å²) in [6, 6.07) is 17.0. The van der Waals surface area contributed by atoms with Gasteiger partial charge in [0, 0.05) is 12.3 Å². The third-order valence-electron chi connectivity index (χ3n) is 3.57. The number of nitriles is 1. The van der Waals surface area contributed by atoms with Gasteiger partial charge in [0.05, 0.1) is 22.5 Å². The maximum Gasteiger partial charge on any atom is 0.262 e. The minimum absolute atomic E-state index is 0.00799. The molecule has 0 atom stereocenters. The van der Waals surface area contributed by atoms with Gasteiger partial charge in [0.25, 0.3) is 5.56 Å². The van der Waals surface area contributed by atoms with Crippen molar-refractivity contribution in [3.05, 3.63) is 70.0 Å². The lowest BCUT2D eigenvalue weighted by molar-refractivity contribution is 0.634. The molecule has 0 saturated carbocycles. The van der Waals surface area contributed by atoms with E-state index in [4.69, 9.17) is 5.26 Å². The van der Waals surface area contributed by atoms with Gasteiger partial charge in [0.2, 0.25) is 0 Å². The van der Waals surface area contributed by atoms with Gasteiger partial charge >= 0.3 is 0 Å². The predicted octanol–water partition coefficient (Wildman–Crippen LogP) is 3.58. The van der Waals surface area contributed by atoms with Crippen molar-refractivity contribution in [1.29, 1.82) is 5.26 Å².